The maximum absolute atomic E-state index is 11.6. The lowest BCUT2D eigenvalue weighted by molar-refractivity contribution is -0.144. The molecule has 6 heteroatoms. The minimum Gasteiger partial charge on any atom is -0.502 e. The highest BCUT2D eigenvalue weighted by molar-refractivity contribution is 5.85. The van der Waals surface area contributed by atoms with Crippen LogP contribution >= 0.6 is 0 Å². The molecule has 0 aliphatic rings. The van der Waals surface area contributed by atoms with Gasteiger partial charge in [0.2, 0.25) is 0 Å². The number of carbonyl (C=O) groups excluding carboxylic acids is 1. The van der Waals surface area contributed by atoms with E-state index in [-0.39, 0.29) is 25.6 Å². The Kier molecular flexibility index (Phi) is 37.0. The molecule has 0 fully saturated rings. The summed E-state index contributed by atoms with van der Waals surface area (Å²) in [7, 11) is 0. The Labute approximate surface area is 254 Å². The van der Waals surface area contributed by atoms with E-state index in [2.05, 4.69) is 33.9 Å². The third-order valence-corrected chi connectivity index (χ3v) is 7.19. The SMILES string of the molecule is C=C(OCCOCCO)C(=O)OCC(CC)CCCC.C=COCCCCCCCCCCCCCCCCCC. The molecule has 1 N–H and O–H groups in total. The number of esters is 1. The van der Waals surface area contributed by atoms with Crippen molar-refractivity contribution in [3.8, 4) is 0 Å². The Morgan fingerprint density at radius 1 is 0.683 bits per heavy atom. The van der Waals surface area contributed by atoms with Gasteiger partial charge in [0.1, 0.15) is 6.61 Å². The second kappa shape index (κ2) is 36.5. The molecule has 0 spiro atoms. The first-order valence-electron chi connectivity index (χ1n) is 17.0. The number of ether oxygens (including phenoxy) is 4. The van der Waals surface area contributed by atoms with E-state index in [9.17, 15) is 4.79 Å². The second-order valence-electron chi connectivity index (χ2n) is 11.0. The van der Waals surface area contributed by atoms with Gasteiger partial charge in [-0.2, -0.15) is 0 Å². The number of carbonyl (C=O) groups is 1. The third kappa shape index (κ3) is 34.6. The molecule has 0 aliphatic carbocycles. The van der Waals surface area contributed by atoms with Crippen LogP contribution in [-0.4, -0.2) is 50.7 Å². The van der Waals surface area contributed by atoms with Crippen LogP contribution in [0.2, 0.25) is 0 Å². The molecule has 0 aromatic heterocycles. The van der Waals surface area contributed by atoms with Crippen LogP contribution in [0.25, 0.3) is 0 Å². The van der Waals surface area contributed by atoms with Gasteiger partial charge < -0.3 is 24.1 Å². The number of aliphatic hydroxyl groups is 1. The molecule has 0 heterocycles. The first-order valence-corrected chi connectivity index (χ1v) is 17.0. The highest BCUT2D eigenvalue weighted by Gasteiger charge is 2.13. The van der Waals surface area contributed by atoms with E-state index < -0.39 is 5.97 Å². The van der Waals surface area contributed by atoms with Gasteiger partial charge in [-0.15, -0.1) is 0 Å². The zero-order valence-electron chi connectivity index (χ0n) is 27.4. The lowest BCUT2D eigenvalue weighted by atomic mass is 10.0. The Hall–Kier alpha value is -1.53. The largest absolute Gasteiger partial charge is 0.502 e. The van der Waals surface area contributed by atoms with Gasteiger partial charge in [-0.25, -0.2) is 4.79 Å². The van der Waals surface area contributed by atoms with Crippen LogP contribution in [0.5, 0.6) is 0 Å². The normalized spacial score (nSPS) is 11.3. The van der Waals surface area contributed by atoms with E-state index >= 15 is 0 Å². The zero-order valence-corrected chi connectivity index (χ0v) is 27.4. The second-order valence-corrected chi connectivity index (χ2v) is 11.0. The maximum Gasteiger partial charge on any atom is 0.372 e. The van der Waals surface area contributed by atoms with Crippen LogP contribution in [0.1, 0.15) is 149 Å². The molecule has 0 bridgehead atoms. The molecule has 0 aromatic carbocycles. The summed E-state index contributed by atoms with van der Waals surface area (Å²) in [5.74, 6) is -0.107. The Bertz CT molecular complexity index is 551. The minimum absolute atomic E-state index is 0.00273. The molecule has 0 aliphatic heterocycles. The molecular weight excluding hydrogens is 516 g/mol. The van der Waals surface area contributed by atoms with Crippen molar-refractivity contribution < 1.29 is 28.8 Å². The molecular formula is C35H68O6. The van der Waals surface area contributed by atoms with Crippen LogP contribution in [0.4, 0.5) is 0 Å². The number of hydrogen-bond acceptors (Lipinski definition) is 6. The van der Waals surface area contributed by atoms with Crippen molar-refractivity contribution in [2.24, 2.45) is 5.92 Å². The van der Waals surface area contributed by atoms with Crippen molar-refractivity contribution in [1.29, 1.82) is 0 Å². The van der Waals surface area contributed by atoms with E-state index in [0.29, 0.717) is 19.1 Å². The first kappa shape index (κ1) is 41.6. The van der Waals surface area contributed by atoms with Gasteiger partial charge >= 0.3 is 5.97 Å². The van der Waals surface area contributed by atoms with E-state index in [1.165, 1.54) is 103 Å². The van der Waals surface area contributed by atoms with Gasteiger partial charge in [-0.3, -0.25) is 0 Å². The molecule has 244 valence electrons. The van der Waals surface area contributed by atoms with Crippen LogP contribution in [0.15, 0.2) is 25.2 Å². The van der Waals surface area contributed by atoms with E-state index in [1.54, 1.807) is 6.26 Å². The average molecular weight is 585 g/mol. The van der Waals surface area contributed by atoms with E-state index in [0.717, 1.165) is 32.3 Å². The fraction of sp³-hybridized carbons (Fsp3) is 0.857. The van der Waals surface area contributed by atoms with E-state index in [4.69, 9.17) is 24.1 Å². The van der Waals surface area contributed by atoms with Gasteiger partial charge in [0.15, 0.2) is 5.76 Å². The lowest BCUT2D eigenvalue weighted by Crippen LogP contribution is -2.17. The first-order chi connectivity index (χ1) is 20.1. The molecule has 1 unspecified atom stereocenters. The quantitative estimate of drug-likeness (QED) is 0.0378. The molecule has 0 saturated carbocycles. The highest BCUT2D eigenvalue weighted by Crippen LogP contribution is 2.15. The summed E-state index contributed by atoms with van der Waals surface area (Å²) < 4.78 is 20.4. The van der Waals surface area contributed by atoms with Crippen molar-refractivity contribution in [3.05, 3.63) is 25.2 Å². The molecule has 0 radical (unpaired) electrons. The summed E-state index contributed by atoms with van der Waals surface area (Å²) in [6.07, 6.45) is 28.6. The fourth-order valence-corrected chi connectivity index (χ4v) is 4.44. The van der Waals surface area contributed by atoms with E-state index in [1.807, 2.05) is 0 Å². The van der Waals surface area contributed by atoms with Crippen molar-refractivity contribution in [2.75, 3.05) is 39.6 Å². The standard InChI is InChI=1S/C20H40O.C15H28O5/c1-3-5-6-7-8-9-10-11-12-13-14-15-16-17-18-19-20-21-4-2;1-4-6-7-14(5-2)12-20-15(17)13(3)19-11-10-18-9-8-16/h4H,2-3,5-20H2,1H3;14,16H,3-12H2,1-2H3. The predicted octanol–water partition coefficient (Wildman–Crippen LogP) is 9.69. The summed E-state index contributed by atoms with van der Waals surface area (Å²) in [5.41, 5.74) is 0. The summed E-state index contributed by atoms with van der Waals surface area (Å²) in [5, 5.41) is 8.51. The van der Waals surface area contributed by atoms with Gasteiger partial charge in [-0.1, -0.05) is 143 Å². The highest BCUT2D eigenvalue weighted by atomic mass is 16.6. The van der Waals surface area contributed by atoms with Gasteiger partial charge in [0.05, 0.1) is 39.3 Å². The molecule has 0 aromatic rings. The molecule has 0 saturated heterocycles. The van der Waals surface area contributed by atoms with Crippen LogP contribution in [0, 0.1) is 5.92 Å². The number of aliphatic hydroxyl groups excluding tert-OH is 1. The minimum atomic E-state index is -0.512. The number of hydrogen-bond donors (Lipinski definition) is 1. The number of rotatable bonds is 31. The summed E-state index contributed by atoms with van der Waals surface area (Å²) in [6, 6.07) is 0. The summed E-state index contributed by atoms with van der Waals surface area (Å²) in [4.78, 5) is 11.6. The van der Waals surface area contributed by atoms with Crippen molar-refractivity contribution in [2.45, 2.75) is 149 Å². The fourth-order valence-electron chi connectivity index (χ4n) is 4.44. The van der Waals surface area contributed by atoms with Crippen LogP contribution < -0.4 is 0 Å². The smallest absolute Gasteiger partial charge is 0.372 e. The van der Waals surface area contributed by atoms with Crippen LogP contribution in [0.3, 0.4) is 0 Å². The average Bonchev–Trinajstić information content (AvgIpc) is 2.98. The molecule has 6 nitrogen and oxygen atoms in total. The number of unbranched alkanes of at least 4 members (excludes halogenated alkanes) is 16. The Morgan fingerprint density at radius 3 is 1.66 bits per heavy atom. The molecule has 1 atom stereocenters. The zero-order chi connectivity index (χ0) is 30.7. The van der Waals surface area contributed by atoms with Crippen molar-refractivity contribution in [3.63, 3.8) is 0 Å². The molecule has 41 heavy (non-hydrogen) atoms. The predicted molar refractivity (Wildman–Crippen MR) is 173 cm³/mol. The van der Waals surface area contributed by atoms with Gasteiger partial charge in [0, 0.05) is 0 Å². The Morgan fingerprint density at radius 2 is 1.20 bits per heavy atom. The van der Waals surface area contributed by atoms with Crippen molar-refractivity contribution in [1.82, 2.24) is 0 Å². The topological polar surface area (TPSA) is 74.2 Å². The summed E-state index contributed by atoms with van der Waals surface area (Å²) >= 11 is 0. The third-order valence-electron chi connectivity index (χ3n) is 7.19. The maximum atomic E-state index is 11.6. The van der Waals surface area contributed by atoms with Crippen molar-refractivity contribution >= 4 is 5.97 Å². The summed E-state index contributed by atoms with van der Waals surface area (Å²) in [6.45, 7) is 15.6. The van der Waals surface area contributed by atoms with Crippen LogP contribution in [-0.2, 0) is 23.7 Å². The van der Waals surface area contributed by atoms with Gasteiger partial charge in [-0.05, 0) is 25.3 Å². The van der Waals surface area contributed by atoms with Gasteiger partial charge in [0.25, 0.3) is 0 Å². The lowest BCUT2D eigenvalue weighted by Gasteiger charge is -2.15. The Balaban J connectivity index is 0. The monoisotopic (exact) mass is 585 g/mol. The molecule has 0 rings (SSSR count). The molecule has 0 amide bonds.